The third-order valence-corrected chi connectivity index (χ3v) is 7.17. The molecule has 1 heterocycles. The van der Waals surface area contributed by atoms with Crippen molar-refractivity contribution in [2.24, 2.45) is 0 Å². The van der Waals surface area contributed by atoms with Crippen LogP contribution in [0.4, 0.5) is 5.69 Å². The molecule has 37 heavy (non-hydrogen) atoms. The normalized spacial score (nSPS) is 14.9. The molecule has 0 atom stereocenters. The van der Waals surface area contributed by atoms with Gasteiger partial charge in [0.05, 0.1) is 12.0 Å². The Balaban J connectivity index is 1.29. The summed E-state index contributed by atoms with van der Waals surface area (Å²) in [7, 11) is 5.61. The van der Waals surface area contributed by atoms with Gasteiger partial charge in [-0.1, -0.05) is 36.4 Å². The van der Waals surface area contributed by atoms with E-state index in [-0.39, 0.29) is 18.6 Å². The molecule has 0 bridgehead atoms. The number of amides is 2. The molecule has 2 aliphatic rings. The number of ether oxygens (including phenoxy) is 2. The molecule has 7 heteroatoms. The molecule has 1 aliphatic heterocycles. The third kappa shape index (κ3) is 5.18. The Morgan fingerprint density at radius 2 is 1.65 bits per heavy atom. The zero-order valence-electron chi connectivity index (χ0n) is 21.8. The van der Waals surface area contributed by atoms with Crippen molar-refractivity contribution in [3.05, 3.63) is 77.4 Å². The standard InChI is InChI=1S/C30H33N3O4/c1-20-5-11-24(31-29(35)30(13-14-30)23-10-12-26-27(15-23)37-19-36-26)16-25(20)22-8-6-21(7-9-22)17-33(4)28(34)18-32(2)3/h5-12,15-16H,13-14,17-19H2,1-4H3,(H,31,35). The van der Waals surface area contributed by atoms with Gasteiger partial charge in [-0.3, -0.25) is 9.59 Å². The molecule has 0 unspecified atom stereocenters. The monoisotopic (exact) mass is 499 g/mol. The predicted octanol–water partition coefficient (Wildman–Crippen LogP) is 4.58. The minimum absolute atomic E-state index is 0.00180. The van der Waals surface area contributed by atoms with E-state index in [1.165, 1.54) is 0 Å². The lowest BCUT2D eigenvalue weighted by atomic mass is 9.94. The lowest BCUT2D eigenvalue weighted by molar-refractivity contribution is -0.131. The Kier molecular flexibility index (Phi) is 6.65. The minimum Gasteiger partial charge on any atom is -0.454 e. The summed E-state index contributed by atoms with van der Waals surface area (Å²) >= 11 is 0. The highest BCUT2D eigenvalue weighted by atomic mass is 16.7. The highest BCUT2D eigenvalue weighted by molar-refractivity contribution is 6.02. The van der Waals surface area contributed by atoms with Crippen molar-refractivity contribution in [2.75, 3.05) is 39.8 Å². The van der Waals surface area contributed by atoms with Crippen LogP contribution in [0.3, 0.4) is 0 Å². The Bertz CT molecular complexity index is 1330. The number of carbonyl (C=O) groups is 2. The Morgan fingerprint density at radius 1 is 0.919 bits per heavy atom. The van der Waals surface area contributed by atoms with Crippen LogP contribution in [0.1, 0.15) is 29.5 Å². The number of anilines is 1. The van der Waals surface area contributed by atoms with Crippen LogP contribution in [0.25, 0.3) is 11.1 Å². The quantitative estimate of drug-likeness (QED) is 0.491. The van der Waals surface area contributed by atoms with Crippen molar-refractivity contribution in [3.63, 3.8) is 0 Å². The van der Waals surface area contributed by atoms with Gasteiger partial charge in [0.15, 0.2) is 11.5 Å². The first-order chi connectivity index (χ1) is 17.7. The van der Waals surface area contributed by atoms with Crippen LogP contribution in [0.5, 0.6) is 11.5 Å². The van der Waals surface area contributed by atoms with E-state index >= 15 is 0 Å². The maximum atomic E-state index is 13.4. The van der Waals surface area contributed by atoms with E-state index in [1.807, 2.05) is 62.4 Å². The molecule has 3 aromatic rings. The zero-order valence-corrected chi connectivity index (χ0v) is 21.8. The van der Waals surface area contributed by atoms with E-state index in [2.05, 4.69) is 36.5 Å². The second-order valence-corrected chi connectivity index (χ2v) is 10.3. The second kappa shape index (κ2) is 9.90. The molecule has 1 saturated carbocycles. The van der Waals surface area contributed by atoms with E-state index in [0.717, 1.165) is 52.1 Å². The third-order valence-electron chi connectivity index (χ3n) is 7.17. The van der Waals surface area contributed by atoms with Crippen molar-refractivity contribution in [1.29, 1.82) is 0 Å². The molecule has 7 nitrogen and oxygen atoms in total. The summed E-state index contributed by atoms with van der Waals surface area (Å²) in [6.07, 6.45) is 1.62. The SMILES string of the molecule is Cc1ccc(NC(=O)C2(c3ccc4c(c3)OCO4)CC2)cc1-c1ccc(CN(C)C(=O)CN(C)C)cc1. The van der Waals surface area contributed by atoms with E-state index in [0.29, 0.717) is 18.8 Å². The molecule has 192 valence electrons. The Hall–Kier alpha value is -3.84. The number of fused-ring (bicyclic) bond motifs is 1. The first kappa shape index (κ1) is 24.8. The van der Waals surface area contributed by atoms with Gasteiger partial charge in [-0.2, -0.15) is 0 Å². The number of nitrogens with zero attached hydrogens (tertiary/aromatic N) is 2. The van der Waals surface area contributed by atoms with Crippen molar-refractivity contribution >= 4 is 17.5 Å². The van der Waals surface area contributed by atoms with Gasteiger partial charge in [-0.05, 0) is 85.9 Å². The van der Waals surface area contributed by atoms with Crippen LogP contribution < -0.4 is 14.8 Å². The summed E-state index contributed by atoms with van der Waals surface area (Å²) in [5.41, 5.74) is 5.54. The summed E-state index contributed by atoms with van der Waals surface area (Å²) < 4.78 is 10.9. The topological polar surface area (TPSA) is 71.1 Å². The fourth-order valence-electron chi connectivity index (χ4n) is 4.77. The first-order valence-corrected chi connectivity index (χ1v) is 12.6. The predicted molar refractivity (Wildman–Crippen MR) is 144 cm³/mol. The van der Waals surface area contributed by atoms with Gasteiger partial charge in [0, 0.05) is 19.3 Å². The zero-order chi connectivity index (χ0) is 26.2. The molecule has 3 aromatic carbocycles. The molecule has 1 fully saturated rings. The fourth-order valence-corrected chi connectivity index (χ4v) is 4.77. The highest BCUT2D eigenvalue weighted by Gasteiger charge is 2.51. The van der Waals surface area contributed by atoms with Crippen LogP contribution in [0, 0.1) is 6.92 Å². The number of carbonyl (C=O) groups excluding carboxylic acids is 2. The van der Waals surface area contributed by atoms with E-state index in [1.54, 1.807) is 4.90 Å². The van der Waals surface area contributed by atoms with Crippen molar-refractivity contribution in [3.8, 4) is 22.6 Å². The number of aryl methyl sites for hydroxylation is 1. The van der Waals surface area contributed by atoms with Gasteiger partial charge in [0.25, 0.3) is 0 Å². The average Bonchev–Trinajstić information content (AvgIpc) is 3.56. The summed E-state index contributed by atoms with van der Waals surface area (Å²) in [5, 5.41) is 3.15. The molecule has 0 saturated heterocycles. The molecule has 0 radical (unpaired) electrons. The average molecular weight is 500 g/mol. The van der Waals surface area contributed by atoms with Gasteiger partial charge in [0.2, 0.25) is 18.6 Å². The summed E-state index contributed by atoms with van der Waals surface area (Å²) in [4.78, 5) is 29.3. The largest absolute Gasteiger partial charge is 0.454 e. The highest BCUT2D eigenvalue weighted by Crippen LogP contribution is 2.51. The second-order valence-electron chi connectivity index (χ2n) is 10.3. The van der Waals surface area contributed by atoms with Gasteiger partial charge in [-0.25, -0.2) is 0 Å². The molecular formula is C30H33N3O4. The van der Waals surface area contributed by atoms with Crippen LogP contribution in [-0.2, 0) is 21.5 Å². The molecule has 5 rings (SSSR count). The Morgan fingerprint density at radius 3 is 2.35 bits per heavy atom. The first-order valence-electron chi connectivity index (χ1n) is 12.6. The van der Waals surface area contributed by atoms with Crippen LogP contribution in [-0.4, -0.2) is 56.1 Å². The molecule has 0 spiro atoms. The van der Waals surface area contributed by atoms with Crippen molar-refractivity contribution < 1.29 is 19.1 Å². The van der Waals surface area contributed by atoms with Crippen LogP contribution in [0.2, 0.25) is 0 Å². The molecule has 1 N–H and O–H groups in total. The lowest BCUT2D eigenvalue weighted by Gasteiger charge is -2.20. The van der Waals surface area contributed by atoms with Crippen LogP contribution >= 0.6 is 0 Å². The number of rotatable bonds is 8. The number of hydrogen-bond donors (Lipinski definition) is 1. The fraction of sp³-hybridized carbons (Fsp3) is 0.333. The van der Waals surface area contributed by atoms with Gasteiger partial charge < -0.3 is 24.6 Å². The molecule has 0 aromatic heterocycles. The van der Waals surface area contributed by atoms with Gasteiger partial charge in [0.1, 0.15) is 0 Å². The number of likely N-dealkylation sites (N-methyl/N-ethyl adjacent to an activating group) is 2. The molecular weight excluding hydrogens is 466 g/mol. The smallest absolute Gasteiger partial charge is 0.236 e. The maximum Gasteiger partial charge on any atom is 0.236 e. The van der Waals surface area contributed by atoms with E-state index in [9.17, 15) is 9.59 Å². The lowest BCUT2D eigenvalue weighted by Crippen LogP contribution is -2.34. The number of nitrogens with one attached hydrogen (secondary N) is 1. The molecule has 1 aliphatic carbocycles. The van der Waals surface area contributed by atoms with E-state index < -0.39 is 5.41 Å². The van der Waals surface area contributed by atoms with Crippen LogP contribution in [0.15, 0.2) is 60.7 Å². The minimum atomic E-state index is -0.524. The van der Waals surface area contributed by atoms with E-state index in [4.69, 9.17) is 9.47 Å². The summed E-state index contributed by atoms with van der Waals surface area (Å²) in [5.74, 6) is 1.51. The number of benzene rings is 3. The van der Waals surface area contributed by atoms with Crippen molar-refractivity contribution in [1.82, 2.24) is 9.80 Å². The van der Waals surface area contributed by atoms with Gasteiger partial charge >= 0.3 is 0 Å². The van der Waals surface area contributed by atoms with Crippen molar-refractivity contribution in [2.45, 2.75) is 31.7 Å². The molecule has 2 amide bonds. The number of hydrogen-bond acceptors (Lipinski definition) is 5. The Labute approximate surface area is 218 Å². The summed E-state index contributed by atoms with van der Waals surface area (Å²) in [6, 6.07) is 20.1. The van der Waals surface area contributed by atoms with Gasteiger partial charge in [-0.15, -0.1) is 0 Å². The summed E-state index contributed by atoms with van der Waals surface area (Å²) in [6.45, 7) is 3.24. The maximum absolute atomic E-state index is 13.4.